The molecule has 2 aromatic carbocycles. The predicted octanol–water partition coefficient (Wildman–Crippen LogP) is 3.32. The van der Waals surface area contributed by atoms with Gasteiger partial charge in [0, 0.05) is 31.6 Å². The summed E-state index contributed by atoms with van der Waals surface area (Å²) in [5, 5.41) is 2.69. The van der Waals surface area contributed by atoms with Crippen molar-refractivity contribution in [1.29, 1.82) is 0 Å². The molecule has 0 aliphatic carbocycles. The lowest BCUT2D eigenvalue weighted by molar-refractivity contribution is -0.140. The second kappa shape index (κ2) is 13.1. The van der Waals surface area contributed by atoms with Crippen LogP contribution in [0.2, 0.25) is 0 Å². The second-order valence-corrected chi connectivity index (χ2v) is 9.96. The Morgan fingerprint density at radius 2 is 1.74 bits per heavy atom. The summed E-state index contributed by atoms with van der Waals surface area (Å²) in [6.07, 6.45) is 1.31. The Labute approximate surface area is 207 Å². The van der Waals surface area contributed by atoms with Gasteiger partial charge in [0.1, 0.15) is 17.6 Å². The molecule has 0 spiro atoms. The lowest BCUT2D eigenvalue weighted by Crippen LogP contribution is -2.47. The van der Waals surface area contributed by atoms with E-state index in [9.17, 15) is 22.4 Å². The van der Waals surface area contributed by atoms with Crippen molar-refractivity contribution >= 4 is 27.5 Å². The Morgan fingerprint density at radius 3 is 2.31 bits per heavy atom. The molecule has 8 nitrogen and oxygen atoms in total. The number of nitrogens with zero attached hydrogens (tertiary/aromatic N) is 2. The van der Waals surface area contributed by atoms with Gasteiger partial charge in [-0.2, -0.15) is 0 Å². The van der Waals surface area contributed by atoms with E-state index in [-0.39, 0.29) is 37.7 Å². The Hall–Kier alpha value is -3.14. The van der Waals surface area contributed by atoms with E-state index in [1.165, 1.54) is 15.3 Å². The maximum absolute atomic E-state index is 14.3. The largest absolute Gasteiger partial charge is 0.494 e. The van der Waals surface area contributed by atoms with Crippen LogP contribution >= 0.6 is 0 Å². The molecule has 0 aliphatic heterocycles. The van der Waals surface area contributed by atoms with Crippen molar-refractivity contribution in [3.8, 4) is 5.75 Å². The fourth-order valence-electron chi connectivity index (χ4n) is 3.59. The number of ether oxygens (including phenoxy) is 1. The minimum Gasteiger partial charge on any atom is -0.494 e. The van der Waals surface area contributed by atoms with Crippen LogP contribution in [0.25, 0.3) is 0 Å². The Morgan fingerprint density at radius 1 is 1.09 bits per heavy atom. The van der Waals surface area contributed by atoms with Gasteiger partial charge in [-0.05, 0) is 57.5 Å². The summed E-state index contributed by atoms with van der Waals surface area (Å²) in [7, 11) is -3.60. The molecule has 0 heterocycles. The van der Waals surface area contributed by atoms with Crippen LogP contribution < -0.4 is 14.4 Å². The Bertz CT molecular complexity index is 1090. The number of rotatable bonds is 13. The summed E-state index contributed by atoms with van der Waals surface area (Å²) in [4.78, 5) is 26.9. The first-order chi connectivity index (χ1) is 16.6. The standard InChI is InChI=1S/C25H34FN3O5S/c1-5-27-25(31)19(3)28(18-20-10-7-8-11-23(20)26)24(30)12-9-17-29(35(4,32)33)21-13-15-22(16-14-21)34-6-2/h7-8,10-11,13-16,19H,5-6,9,12,17-18H2,1-4H3,(H,27,31)/t19-/m1/s1. The molecule has 0 saturated carbocycles. The summed E-state index contributed by atoms with van der Waals surface area (Å²) < 4.78 is 45.7. The lowest BCUT2D eigenvalue weighted by atomic mass is 10.1. The topological polar surface area (TPSA) is 96.0 Å². The summed E-state index contributed by atoms with van der Waals surface area (Å²) in [5.41, 5.74) is 0.756. The van der Waals surface area contributed by atoms with Gasteiger partial charge in [-0.25, -0.2) is 12.8 Å². The first kappa shape index (κ1) is 28.1. The molecule has 0 aromatic heterocycles. The van der Waals surface area contributed by atoms with Crippen molar-refractivity contribution < 1.29 is 27.1 Å². The fourth-order valence-corrected chi connectivity index (χ4v) is 4.56. The quantitative estimate of drug-likeness (QED) is 0.449. The number of likely N-dealkylation sites (N-methyl/N-ethyl adjacent to an activating group) is 1. The maximum Gasteiger partial charge on any atom is 0.242 e. The van der Waals surface area contributed by atoms with E-state index >= 15 is 0 Å². The number of halogens is 1. The van der Waals surface area contributed by atoms with Crippen LogP contribution in [0.15, 0.2) is 48.5 Å². The summed E-state index contributed by atoms with van der Waals surface area (Å²) >= 11 is 0. The van der Waals surface area contributed by atoms with Gasteiger partial charge in [0.25, 0.3) is 0 Å². The molecule has 2 rings (SSSR count). The third-order valence-electron chi connectivity index (χ3n) is 5.40. The average molecular weight is 508 g/mol. The van der Waals surface area contributed by atoms with Crippen molar-refractivity contribution in [2.75, 3.05) is 30.3 Å². The van der Waals surface area contributed by atoms with Crippen LogP contribution in [-0.2, 0) is 26.2 Å². The van der Waals surface area contributed by atoms with Crippen molar-refractivity contribution in [3.05, 3.63) is 59.9 Å². The van der Waals surface area contributed by atoms with Crippen molar-refractivity contribution in [2.45, 2.75) is 46.2 Å². The number of sulfonamides is 1. The highest BCUT2D eigenvalue weighted by molar-refractivity contribution is 7.92. The number of hydrogen-bond acceptors (Lipinski definition) is 5. The van der Waals surface area contributed by atoms with E-state index in [4.69, 9.17) is 4.74 Å². The van der Waals surface area contributed by atoms with Gasteiger partial charge in [0.15, 0.2) is 0 Å². The Balaban J connectivity index is 2.15. The minimum atomic E-state index is -3.60. The number of benzene rings is 2. The first-order valence-corrected chi connectivity index (χ1v) is 13.4. The van der Waals surface area contributed by atoms with Gasteiger partial charge >= 0.3 is 0 Å². The zero-order chi connectivity index (χ0) is 26.0. The first-order valence-electron chi connectivity index (χ1n) is 11.6. The number of carbonyl (C=O) groups is 2. The van der Waals surface area contributed by atoms with Crippen molar-refractivity contribution in [3.63, 3.8) is 0 Å². The third kappa shape index (κ3) is 8.24. The molecule has 0 radical (unpaired) electrons. The van der Waals surface area contributed by atoms with Gasteiger partial charge in [0.2, 0.25) is 21.8 Å². The predicted molar refractivity (Wildman–Crippen MR) is 134 cm³/mol. The van der Waals surface area contributed by atoms with Gasteiger partial charge in [-0.3, -0.25) is 13.9 Å². The normalized spacial score (nSPS) is 12.0. The molecule has 0 fully saturated rings. The highest BCUT2D eigenvalue weighted by atomic mass is 32.2. The molecule has 2 aromatic rings. The number of hydrogen-bond donors (Lipinski definition) is 1. The van der Waals surface area contributed by atoms with Crippen molar-refractivity contribution in [1.82, 2.24) is 10.2 Å². The van der Waals surface area contributed by atoms with Gasteiger partial charge in [0.05, 0.1) is 18.6 Å². The molecule has 0 bridgehead atoms. The number of carbonyl (C=O) groups excluding carboxylic acids is 2. The molecule has 35 heavy (non-hydrogen) atoms. The van der Waals surface area contributed by atoms with Gasteiger partial charge in [-0.1, -0.05) is 18.2 Å². The number of anilines is 1. The van der Waals surface area contributed by atoms with Crippen LogP contribution in [-0.4, -0.2) is 57.1 Å². The molecule has 10 heteroatoms. The van der Waals surface area contributed by atoms with Crippen LogP contribution in [0.5, 0.6) is 5.75 Å². The molecular weight excluding hydrogens is 473 g/mol. The molecule has 0 saturated heterocycles. The van der Waals surface area contributed by atoms with Crippen LogP contribution in [0, 0.1) is 5.82 Å². The van der Waals surface area contributed by atoms with Crippen LogP contribution in [0.3, 0.4) is 0 Å². The summed E-state index contributed by atoms with van der Waals surface area (Å²) in [6.45, 7) is 6.11. The molecule has 0 unspecified atom stereocenters. The summed E-state index contributed by atoms with van der Waals surface area (Å²) in [5.74, 6) is -0.549. The van der Waals surface area contributed by atoms with E-state index in [2.05, 4.69) is 5.32 Å². The summed E-state index contributed by atoms with van der Waals surface area (Å²) in [6, 6.07) is 11.9. The monoisotopic (exact) mass is 507 g/mol. The fraction of sp³-hybridized carbons (Fsp3) is 0.440. The molecule has 2 amide bonds. The van der Waals surface area contributed by atoms with E-state index in [0.29, 0.717) is 30.2 Å². The number of nitrogens with one attached hydrogen (secondary N) is 1. The van der Waals surface area contributed by atoms with E-state index in [1.807, 2.05) is 6.92 Å². The van der Waals surface area contributed by atoms with Gasteiger partial charge in [-0.15, -0.1) is 0 Å². The molecule has 1 N–H and O–H groups in total. The smallest absolute Gasteiger partial charge is 0.242 e. The van der Waals surface area contributed by atoms with E-state index < -0.39 is 21.9 Å². The van der Waals surface area contributed by atoms with E-state index in [0.717, 1.165) is 6.26 Å². The average Bonchev–Trinajstić information content (AvgIpc) is 2.81. The van der Waals surface area contributed by atoms with E-state index in [1.54, 1.807) is 56.3 Å². The minimum absolute atomic E-state index is 0.0127. The third-order valence-corrected chi connectivity index (χ3v) is 6.60. The zero-order valence-electron chi connectivity index (χ0n) is 20.7. The lowest BCUT2D eigenvalue weighted by Gasteiger charge is -2.29. The van der Waals surface area contributed by atoms with Crippen LogP contribution in [0.1, 0.15) is 39.2 Å². The van der Waals surface area contributed by atoms with Gasteiger partial charge < -0.3 is 15.0 Å². The SMILES string of the molecule is CCNC(=O)[C@@H](C)N(Cc1ccccc1F)C(=O)CCCN(c1ccc(OCC)cc1)S(C)(=O)=O. The van der Waals surface area contributed by atoms with Crippen LogP contribution in [0.4, 0.5) is 10.1 Å². The van der Waals surface area contributed by atoms with Crippen molar-refractivity contribution in [2.24, 2.45) is 0 Å². The molecule has 0 aliphatic rings. The molecule has 192 valence electrons. The maximum atomic E-state index is 14.3. The second-order valence-electron chi connectivity index (χ2n) is 8.05. The highest BCUT2D eigenvalue weighted by Gasteiger charge is 2.27. The Kier molecular flexibility index (Phi) is 10.5. The number of amides is 2. The molecule has 1 atom stereocenters. The highest BCUT2D eigenvalue weighted by Crippen LogP contribution is 2.23. The molecular formula is C25H34FN3O5S. The zero-order valence-corrected chi connectivity index (χ0v) is 21.5.